The Balaban J connectivity index is 1.84. The van der Waals surface area contributed by atoms with Crippen molar-refractivity contribution in [1.82, 2.24) is 15.3 Å². The van der Waals surface area contributed by atoms with Crippen LogP contribution in [0, 0.1) is 23.0 Å². The van der Waals surface area contributed by atoms with Crippen LogP contribution < -0.4 is 20.9 Å². The summed E-state index contributed by atoms with van der Waals surface area (Å²) in [7, 11) is 0. The number of hydrogen-bond donors (Lipinski definition) is 4. The number of halogens is 2. The van der Waals surface area contributed by atoms with Crippen molar-refractivity contribution < 1.29 is 28.2 Å². The zero-order valence-electron chi connectivity index (χ0n) is 19.3. The number of ether oxygens (including phenoxy) is 2. The summed E-state index contributed by atoms with van der Waals surface area (Å²) in [5, 5.41) is 26.4. The van der Waals surface area contributed by atoms with Gasteiger partial charge in [-0.3, -0.25) is 0 Å². The molecule has 2 aromatic heterocycles. The molecule has 0 saturated carbocycles. The first kappa shape index (κ1) is 25.9. The second-order valence-corrected chi connectivity index (χ2v) is 7.73. The molecule has 0 radical (unpaired) electrons. The van der Waals surface area contributed by atoms with Crippen LogP contribution in [0.15, 0.2) is 18.3 Å². The van der Waals surface area contributed by atoms with Gasteiger partial charge < -0.3 is 35.4 Å². The number of pyridine rings is 2. The first-order chi connectivity index (χ1) is 16.8. The minimum Gasteiger partial charge on any atom is -0.465 e. The Hall–Kier alpha value is -3.76. The van der Waals surface area contributed by atoms with E-state index < -0.39 is 29.8 Å². The molecule has 1 fully saturated rings. The maximum atomic E-state index is 14.7. The highest BCUT2D eigenvalue weighted by Crippen LogP contribution is 2.26. The summed E-state index contributed by atoms with van der Waals surface area (Å²) in [6.07, 6.45) is 0.149. The number of nitrogens with one attached hydrogen (secondary N) is 3. The molecule has 1 aliphatic heterocycles. The van der Waals surface area contributed by atoms with E-state index >= 15 is 0 Å². The molecule has 1 amide bonds. The summed E-state index contributed by atoms with van der Waals surface area (Å²) in [6, 6.07) is 2.73. The molecule has 2 atom stereocenters. The quantitative estimate of drug-likeness (QED) is 0.391. The highest BCUT2D eigenvalue weighted by atomic mass is 19.1. The fourth-order valence-corrected chi connectivity index (χ4v) is 3.44. The normalized spacial score (nSPS) is 15.1. The standard InChI is InChI=1S/C22H27F2N7O4/c1-3-34-12-18(13(2)27-22(32)33)29-20-16(23)8-14(10-25)19(30-20)28-15-9-17(24)21(26-11-15)31-4-6-35-7-5-31/h8-9,11,13,18,27H,3-7,12H2,1-2H3,(H,32,33)(H2,28,29,30)/t13-,18+/m0/s1. The molecule has 11 nitrogen and oxygen atoms in total. The third kappa shape index (κ3) is 6.87. The van der Waals surface area contributed by atoms with Crippen LogP contribution in [0.3, 0.4) is 0 Å². The minimum atomic E-state index is -1.24. The zero-order valence-corrected chi connectivity index (χ0v) is 19.3. The average Bonchev–Trinajstić information content (AvgIpc) is 2.83. The SMILES string of the molecule is CCOC[C@@H](Nc1nc(Nc2cnc(N3CCOCC3)c(F)c2)c(C#N)cc1F)[C@H](C)NC(=O)O. The van der Waals surface area contributed by atoms with Gasteiger partial charge in [-0.1, -0.05) is 0 Å². The Morgan fingerprint density at radius 2 is 2.06 bits per heavy atom. The zero-order chi connectivity index (χ0) is 25.4. The fourth-order valence-electron chi connectivity index (χ4n) is 3.44. The van der Waals surface area contributed by atoms with Gasteiger partial charge in [-0.2, -0.15) is 5.26 Å². The van der Waals surface area contributed by atoms with Crippen LogP contribution >= 0.6 is 0 Å². The molecule has 0 aromatic carbocycles. The number of nitrogens with zero attached hydrogens (tertiary/aromatic N) is 4. The maximum Gasteiger partial charge on any atom is 0.404 e. The summed E-state index contributed by atoms with van der Waals surface area (Å²) in [6.45, 7) is 5.79. The highest BCUT2D eigenvalue weighted by molar-refractivity contribution is 5.66. The van der Waals surface area contributed by atoms with Gasteiger partial charge in [-0.25, -0.2) is 23.5 Å². The van der Waals surface area contributed by atoms with E-state index in [1.165, 1.54) is 12.3 Å². The lowest BCUT2D eigenvalue weighted by molar-refractivity contribution is 0.122. The van der Waals surface area contributed by atoms with E-state index in [0.717, 1.165) is 6.07 Å². The van der Waals surface area contributed by atoms with Gasteiger partial charge in [0.2, 0.25) is 0 Å². The lowest BCUT2D eigenvalue weighted by Gasteiger charge is -2.28. The predicted octanol–water partition coefficient (Wildman–Crippen LogP) is 2.68. The van der Waals surface area contributed by atoms with Gasteiger partial charge in [0.1, 0.15) is 6.07 Å². The molecule has 3 heterocycles. The number of anilines is 4. The molecule has 4 N–H and O–H groups in total. The summed E-state index contributed by atoms with van der Waals surface area (Å²) in [4.78, 5) is 21.2. The van der Waals surface area contributed by atoms with Crippen LogP contribution in [-0.2, 0) is 9.47 Å². The molecule has 188 valence electrons. The van der Waals surface area contributed by atoms with E-state index in [0.29, 0.717) is 32.9 Å². The molecule has 0 bridgehead atoms. The van der Waals surface area contributed by atoms with Crippen molar-refractivity contribution in [3.63, 3.8) is 0 Å². The number of carbonyl (C=O) groups is 1. The molecule has 13 heteroatoms. The van der Waals surface area contributed by atoms with Crippen molar-refractivity contribution in [3.05, 3.63) is 35.5 Å². The second-order valence-electron chi connectivity index (χ2n) is 7.73. The van der Waals surface area contributed by atoms with E-state index in [1.54, 1.807) is 18.7 Å². The minimum absolute atomic E-state index is 0.0225. The second kappa shape index (κ2) is 12.1. The van der Waals surface area contributed by atoms with Gasteiger partial charge in [-0.05, 0) is 19.9 Å². The molecule has 35 heavy (non-hydrogen) atoms. The third-order valence-corrected chi connectivity index (χ3v) is 5.27. The third-order valence-electron chi connectivity index (χ3n) is 5.27. The van der Waals surface area contributed by atoms with E-state index in [-0.39, 0.29) is 35.3 Å². The van der Waals surface area contributed by atoms with Crippen molar-refractivity contribution in [2.75, 3.05) is 55.1 Å². The lowest BCUT2D eigenvalue weighted by atomic mass is 10.1. The first-order valence-electron chi connectivity index (χ1n) is 11.0. The first-order valence-corrected chi connectivity index (χ1v) is 11.0. The van der Waals surface area contributed by atoms with Crippen LogP contribution in [-0.4, -0.2) is 72.8 Å². The Kier molecular flexibility index (Phi) is 8.93. The molecule has 0 spiro atoms. The molecular formula is C22H27F2N7O4. The van der Waals surface area contributed by atoms with Crippen LogP contribution in [0.25, 0.3) is 0 Å². The summed E-state index contributed by atoms with van der Waals surface area (Å²) < 4.78 is 40.1. The maximum absolute atomic E-state index is 14.7. The molecule has 3 rings (SSSR count). The van der Waals surface area contributed by atoms with E-state index in [1.807, 2.05) is 6.07 Å². The molecule has 2 aromatic rings. The summed E-state index contributed by atoms with van der Waals surface area (Å²) in [5.74, 6) is -1.45. The van der Waals surface area contributed by atoms with Crippen molar-refractivity contribution in [2.45, 2.75) is 25.9 Å². The Morgan fingerprint density at radius 1 is 1.31 bits per heavy atom. The summed E-state index contributed by atoms with van der Waals surface area (Å²) in [5.41, 5.74) is 0.108. The lowest BCUT2D eigenvalue weighted by Crippen LogP contribution is -2.47. The Morgan fingerprint density at radius 3 is 2.69 bits per heavy atom. The van der Waals surface area contributed by atoms with E-state index in [4.69, 9.17) is 14.6 Å². The van der Waals surface area contributed by atoms with Crippen LogP contribution in [0.2, 0.25) is 0 Å². The fraction of sp³-hybridized carbons (Fsp3) is 0.455. The van der Waals surface area contributed by atoms with Gasteiger partial charge in [0.05, 0.1) is 49.4 Å². The molecule has 0 unspecified atom stereocenters. The number of carboxylic acid groups (broad SMARTS) is 1. The Bertz CT molecular complexity index is 1080. The Labute approximate surface area is 201 Å². The number of nitriles is 1. The molecule has 0 aliphatic carbocycles. The van der Waals surface area contributed by atoms with Crippen molar-refractivity contribution in [2.24, 2.45) is 0 Å². The van der Waals surface area contributed by atoms with E-state index in [9.17, 15) is 18.8 Å². The van der Waals surface area contributed by atoms with Crippen LogP contribution in [0.5, 0.6) is 0 Å². The average molecular weight is 491 g/mol. The molecule has 1 saturated heterocycles. The number of morpholine rings is 1. The number of rotatable bonds is 10. The monoisotopic (exact) mass is 491 g/mol. The van der Waals surface area contributed by atoms with Crippen LogP contribution in [0.1, 0.15) is 19.4 Å². The van der Waals surface area contributed by atoms with Gasteiger partial charge in [0.15, 0.2) is 29.1 Å². The van der Waals surface area contributed by atoms with E-state index in [2.05, 4.69) is 25.9 Å². The number of aromatic nitrogens is 2. The van der Waals surface area contributed by atoms with Crippen molar-refractivity contribution in [3.8, 4) is 6.07 Å². The summed E-state index contributed by atoms with van der Waals surface area (Å²) >= 11 is 0. The largest absolute Gasteiger partial charge is 0.465 e. The number of amides is 1. The highest BCUT2D eigenvalue weighted by Gasteiger charge is 2.23. The molecular weight excluding hydrogens is 464 g/mol. The van der Waals surface area contributed by atoms with Gasteiger partial charge in [0.25, 0.3) is 0 Å². The van der Waals surface area contributed by atoms with Gasteiger partial charge in [-0.15, -0.1) is 0 Å². The van der Waals surface area contributed by atoms with Crippen LogP contribution in [0.4, 0.5) is 36.7 Å². The smallest absolute Gasteiger partial charge is 0.404 e. The topological polar surface area (TPSA) is 145 Å². The predicted molar refractivity (Wildman–Crippen MR) is 124 cm³/mol. The van der Waals surface area contributed by atoms with Crippen molar-refractivity contribution >= 4 is 29.2 Å². The molecule has 1 aliphatic rings. The number of hydrogen-bond acceptors (Lipinski definition) is 9. The van der Waals surface area contributed by atoms with Gasteiger partial charge in [0, 0.05) is 25.8 Å². The van der Waals surface area contributed by atoms with Gasteiger partial charge >= 0.3 is 6.09 Å². The van der Waals surface area contributed by atoms with Crippen molar-refractivity contribution in [1.29, 1.82) is 5.26 Å².